The first-order chi connectivity index (χ1) is 7.78. The molecule has 0 spiro atoms. The molecule has 2 rings (SSSR count). The van der Waals surface area contributed by atoms with Crippen LogP contribution in [0.1, 0.15) is 25.0 Å². The quantitative estimate of drug-likeness (QED) is 0.677. The number of hydrogen-bond donors (Lipinski definition) is 2. The average Bonchev–Trinajstić information content (AvgIpc) is 2.94. The lowest BCUT2D eigenvalue weighted by Crippen LogP contribution is -2.29. The van der Waals surface area contributed by atoms with Crippen molar-refractivity contribution >= 4 is 5.91 Å². The van der Waals surface area contributed by atoms with Gasteiger partial charge in [-0.15, -0.1) is 5.10 Å². The number of nitrogens with two attached hydrogens (primary N) is 1. The summed E-state index contributed by atoms with van der Waals surface area (Å²) in [7, 11) is 0. The first kappa shape index (κ1) is 11.1. The molecular formula is C10H17N5O. The van der Waals surface area contributed by atoms with E-state index < -0.39 is 0 Å². The van der Waals surface area contributed by atoms with E-state index in [1.54, 1.807) is 4.68 Å². The molecule has 88 valence electrons. The number of aryl methyl sites for hydroxylation is 1. The van der Waals surface area contributed by atoms with E-state index in [9.17, 15) is 4.79 Å². The van der Waals surface area contributed by atoms with Crippen molar-refractivity contribution < 1.29 is 4.79 Å². The molecule has 16 heavy (non-hydrogen) atoms. The van der Waals surface area contributed by atoms with Crippen LogP contribution < -0.4 is 11.1 Å². The minimum absolute atomic E-state index is 0.0118. The number of rotatable bonds is 6. The predicted octanol–water partition coefficient (Wildman–Crippen LogP) is -0.552. The second-order valence-corrected chi connectivity index (χ2v) is 4.14. The SMILES string of the molecule is NCCCc1cn(CC(=O)NC2CC2)nn1. The third-order valence-electron chi connectivity index (χ3n) is 2.47. The highest BCUT2D eigenvalue weighted by atomic mass is 16.2. The van der Waals surface area contributed by atoms with E-state index in [2.05, 4.69) is 15.6 Å². The van der Waals surface area contributed by atoms with Gasteiger partial charge >= 0.3 is 0 Å². The summed E-state index contributed by atoms with van der Waals surface area (Å²) >= 11 is 0. The van der Waals surface area contributed by atoms with Crippen LogP contribution in [0.5, 0.6) is 0 Å². The lowest BCUT2D eigenvalue weighted by molar-refractivity contribution is -0.122. The number of carbonyl (C=O) groups is 1. The van der Waals surface area contributed by atoms with Gasteiger partial charge in [-0.2, -0.15) is 0 Å². The maximum Gasteiger partial charge on any atom is 0.242 e. The average molecular weight is 223 g/mol. The maximum absolute atomic E-state index is 11.5. The van der Waals surface area contributed by atoms with Crippen LogP contribution >= 0.6 is 0 Å². The molecule has 6 heteroatoms. The molecule has 1 heterocycles. The van der Waals surface area contributed by atoms with Gasteiger partial charge in [-0.05, 0) is 32.2 Å². The maximum atomic E-state index is 11.5. The van der Waals surface area contributed by atoms with Gasteiger partial charge in [0.2, 0.25) is 5.91 Å². The Morgan fingerprint density at radius 2 is 2.44 bits per heavy atom. The van der Waals surface area contributed by atoms with Crippen LogP contribution in [-0.4, -0.2) is 33.5 Å². The molecule has 0 aromatic carbocycles. The zero-order chi connectivity index (χ0) is 11.4. The number of amides is 1. The Bertz CT molecular complexity index is 358. The van der Waals surface area contributed by atoms with Gasteiger partial charge in [0.05, 0.1) is 5.69 Å². The van der Waals surface area contributed by atoms with Crippen LogP contribution in [0.2, 0.25) is 0 Å². The molecule has 0 aliphatic heterocycles. The Morgan fingerprint density at radius 1 is 1.62 bits per heavy atom. The number of hydrogen-bond acceptors (Lipinski definition) is 4. The lowest BCUT2D eigenvalue weighted by Gasteiger charge is -2.01. The largest absolute Gasteiger partial charge is 0.352 e. The molecule has 1 saturated carbocycles. The molecule has 1 aliphatic rings. The van der Waals surface area contributed by atoms with Crippen molar-refractivity contribution in [3.05, 3.63) is 11.9 Å². The van der Waals surface area contributed by atoms with E-state index in [1.807, 2.05) is 6.20 Å². The molecule has 1 aromatic rings. The highest BCUT2D eigenvalue weighted by Gasteiger charge is 2.23. The van der Waals surface area contributed by atoms with Gasteiger partial charge in [0.25, 0.3) is 0 Å². The smallest absolute Gasteiger partial charge is 0.242 e. The third-order valence-corrected chi connectivity index (χ3v) is 2.47. The van der Waals surface area contributed by atoms with Crippen molar-refractivity contribution in [2.24, 2.45) is 5.73 Å². The summed E-state index contributed by atoms with van der Waals surface area (Å²) in [6, 6.07) is 0.396. The van der Waals surface area contributed by atoms with Gasteiger partial charge < -0.3 is 11.1 Å². The van der Waals surface area contributed by atoms with E-state index in [-0.39, 0.29) is 12.5 Å². The van der Waals surface area contributed by atoms with E-state index in [1.165, 1.54) is 0 Å². The van der Waals surface area contributed by atoms with Crippen LogP contribution in [0, 0.1) is 0 Å². The Morgan fingerprint density at radius 3 is 3.12 bits per heavy atom. The van der Waals surface area contributed by atoms with Crippen LogP contribution in [0.3, 0.4) is 0 Å². The Labute approximate surface area is 94.2 Å². The van der Waals surface area contributed by atoms with E-state index in [0.717, 1.165) is 31.4 Å². The Balaban J connectivity index is 1.79. The first-order valence-corrected chi connectivity index (χ1v) is 5.66. The Kier molecular flexibility index (Phi) is 3.51. The molecule has 0 atom stereocenters. The molecule has 1 aromatic heterocycles. The van der Waals surface area contributed by atoms with E-state index in [0.29, 0.717) is 12.6 Å². The van der Waals surface area contributed by atoms with E-state index in [4.69, 9.17) is 5.73 Å². The Hall–Kier alpha value is -1.43. The van der Waals surface area contributed by atoms with Crippen molar-refractivity contribution in [1.29, 1.82) is 0 Å². The molecule has 0 saturated heterocycles. The third kappa shape index (κ3) is 3.30. The van der Waals surface area contributed by atoms with Crippen molar-refractivity contribution in [2.75, 3.05) is 6.54 Å². The van der Waals surface area contributed by atoms with Gasteiger partial charge in [0.1, 0.15) is 6.54 Å². The van der Waals surface area contributed by atoms with Crippen molar-refractivity contribution in [2.45, 2.75) is 38.3 Å². The molecule has 1 fully saturated rings. The van der Waals surface area contributed by atoms with Crippen LogP contribution in [0.15, 0.2) is 6.20 Å². The minimum atomic E-state index is 0.0118. The summed E-state index contributed by atoms with van der Waals surface area (Å²) in [4.78, 5) is 11.5. The second kappa shape index (κ2) is 5.07. The fraction of sp³-hybridized carbons (Fsp3) is 0.700. The van der Waals surface area contributed by atoms with Gasteiger partial charge in [-0.3, -0.25) is 4.79 Å². The van der Waals surface area contributed by atoms with E-state index >= 15 is 0 Å². The molecule has 3 N–H and O–H groups in total. The monoisotopic (exact) mass is 223 g/mol. The van der Waals surface area contributed by atoms with Crippen molar-refractivity contribution in [3.63, 3.8) is 0 Å². The van der Waals surface area contributed by atoms with Crippen molar-refractivity contribution in [1.82, 2.24) is 20.3 Å². The first-order valence-electron chi connectivity index (χ1n) is 5.66. The number of nitrogens with zero attached hydrogens (tertiary/aromatic N) is 3. The summed E-state index contributed by atoms with van der Waals surface area (Å²) in [5, 5.41) is 10.8. The fourth-order valence-corrected chi connectivity index (χ4v) is 1.46. The van der Waals surface area contributed by atoms with Crippen molar-refractivity contribution in [3.8, 4) is 0 Å². The molecule has 1 aliphatic carbocycles. The summed E-state index contributed by atoms with van der Waals surface area (Å²) in [6.07, 6.45) is 5.73. The highest BCUT2D eigenvalue weighted by molar-refractivity contribution is 5.76. The topological polar surface area (TPSA) is 85.8 Å². The summed E-state index contributed by atoms with van der Waals surface area (Å²) in [5.74, 6) is 0.0118. The van der Waals surface area contributed by atoms with Gasteiger partial charge in [0.15, 0.2) is 0 Å². The van der Waals surface area contributed by atoms with Gasteiger partial charge in [-0.1, -0.05) is 5.21 Å². The lowest BCUT2D eigenvalue weighted by atomic mass is 10.2. The molecule has 1 amide bonds. The number of carbonyl (C=O) groups excluding carboxylic acids is 1. The molecule has 0 unspecified atom stereocenters. The molecule has 0 radical (unpaired) electrons. The fourth-order valence-electron chi connectivity index (χ4n) is 1.46. The standard InChI is InChI=1S/C10H17N5O/c11-5-1-2-9-6-15(14-13-9)7-10(16)12-8-3-4-8/h6,8H,1-5,7,11H2,(H,12,16). The molecular weight excluding hydrogens is 206 g/mol. The minimum Gasteiger partial charge on any atom is -0.352 e. The highest BCUT2D eigenvalue weighted by Crippen LogP contribution is 2.18. The summed E-state index contributed by atoms with van der Waals surface area (Å²) < 4.78 is 1.57. The predicted molar refractivity (Wildman–Crippen MR) is 58.6 cm³/mol. The number of nitrogens with one attached hydrogen (secondary N) is 1. The zero-order valence-electron chi connectivity index (χ0n) is 9.22. The van der Waals surface area contributed by atoms with Gasteiger partial charge in [-0.25, -0.2) is 4.68 Å². The van der Waals surface area contributed by atoms with Gasteiger partial charge in [0, 0.05) is 12.2 Å². The molecule has 0 bridgehead atoms. The summed E-state index contributed by atoms with van der Waals surface area (Å²) in [5.41, 5.74) is 6.30. The second-order valence-electron chi connectivity index (χ2n) is 4.14. The summed E-state index contributed by atoms with van der Waals surface area (Å²) in [6.45, 7) is 0.904. The van der Waals surface area contributed by atoms with Crippen LogP contribution in [0.4, 0.5) is 0 Å². The normalized spacial score (nSPS) is 15.1. The zero-order valence-corrected chi connectivity index (χ0v) is 9.22. The molecule has 6 nitrogen and oxygen atoms in total. The number of aromatic nitrogens is 3. The van der Waals surface area contributed by atoms with Crippen LogP contribution in [0.25, 0.3) is 0 Å². The van der Waals surface area contributed by atoms with Crippen LogP contribution in [-0.2, 0) is 17.8 Å².